The summed E-state index contributed by atoms with van der Waals surface area (Å²) < 4.78 is 3.33. The summed E-state index contributed by atoms with van der Waals surface area (Å²) in [5, 5.41) is 12.9. The standard InChI is InChI=1S/C18H17N3O2/c1-13-16(17(19-23)14-9-5-3-6-10-14)18(22)21(20(13)2)15-11-7-4-8-12-15/h3-12,23H,1-2H3/b19-17+. The van der Waals surface area contributed by atoms with Gasteiger partial charge in [-0.05, 0) is 19.1 Å². The van der Waals surface area contributed by atoms with E-state index < -0.39 is 0 Å². The van der Waals surface area contributed by atoms with Gasteiger partial charge in [-0.25, -0.2) is 4.68 Å². The largest absolute Gasteiger partial charge is 0.410 e. The molecule has 0 aliphatic heterocycles. The van der Waals surface area contributed by atoms with Crippen molar-refractivity contribution in [2.45, 2.75) is 6.92 Å². The van der Waals surface area contributed by atoms with Crippen LogP contribution < -0.4 is 5.56 Å². The van der Waals surface area contributed by atoms with E-state index in [1.54, 1.807) is 9.36 Å². The summed E-state index contributed by atoms with van der Waals surface area (Å²) >= 11 is 0. The normalized spacial score (nSPS) is 11.7. The van der Waals surface area contributed by atoms with Gasteiger partial charge < -0.3 is 5.21 Å². The van der Waals surface area contributed by atoms with E-state index in [-0.39, 0.29) is 11.3 Å². The molecule has 3 rings (SSSR count). The van der Waals surface area contributed by atoms with Crippen LogP contribution in [0.1, 0.15) is 16.8 Å². The molecule has 5 heteroatoms. The number of aromatic nitrogens is 2. The number of para-hydroxylation sites is 1. The highest BCUT2D eigenvalue weighted by Crippen LogP contribution is 2.15. The molecule has 0 aliphatic carbocycles. The highest BCUT2D eigenvalue weighted by molar-refractivity contribution is 6.13. The van der Waals surface area contributed by atoms with Gasteiger partial charge in [0.25, 0.3) is 5.56 Å². The number of hydrogen-bond donors (Lipinski definition) is 1. The maximum absolute atomic E-state index is 12.9. The van der Waals surface area contributed by atoms with Gasteiger partial charge in [-0.2, -0.15) is 0 Å². The molecular weight excluding hydrogens is 290 g/mol. The molecule has 0 saturated heterocycles. The van der Waals surface area contributed by atoms with Crippen LogP contribution in [0.15, 0.2) is 70.6 Å². The van der Waals surface area contributed by atoms with Crippen LogP contribution in [-0.2, 0) is 7.05 Å². The molecule has 1 heterocycles. The van der Waals surface area contributed by atoms with E-state index in [1.807, 2.05) is 74.6 Å². The van der Waals surface area contributed by atoms with E-state index in [2.05, 4.69) is 5.16 Å². The fraction of sp³-hybridized carbons (Fsp3) is 0.111. The Kier molecular flexibility index (Phi) is 3.85. The van der Waals surface area contributed by atoms with Crippen LogP contribution in [0.4, 0.5) is 0 Å². The lowest BCUT2D eigenvalue weighted by molar-refractivity contribution is 0.319. The minimum absolute atomic E-state index is 0.215. The Morgan fingerprint density at radius 3 is 2.13 bits per heavy atom. The Hall–Kier alpha value is -3.08. The molecule has 5 nitrogen and oxygen atoms in total. The van der Waals surface area contributed by atoms with E-state index >= 15 is 0 Å². The van der Waals surface area contributed by atoms with Gasteiger partial charge in [0.15, 0.2) is 0 Å². The summed E-state index contributed by atoms with van der Waals surface area (Å²) in [5.74, 6) is 0. The van der Waals surface area contributed by atoms with Crippen LogP contribution in [-0.4, -0.2) is 20.3 Å². The van der Waals surface area contributed by atoms with Gasteiger partial charge >= 0.3 is 0 Å². The number of rotatable bonds is 3. The molecule has 2 aromatic carbocycles. The number of benzene rings is 2. The molecule has 1 aromatic heterocycles. The predicted octanol–water partition coefficient (Wildman–Crippen LogP) is 2.71. The van der Waals surface area contributed by atoms with Gasteiger partial charge in [-0.3, -0.25) is 9.48 Å². The van der Waals surface area contributed by atoms with Crippen LogP contribution in [0.2, 0.25) is 0 Å². The third kappa shape index (κ3) is 2.46. The van der Waals surface area contributed by atoms with Gasteiger partial charge in [-0.1, -0.05) is 53.7 Å². The Labute approximate surface area is 133 Å². The van der Waals surface area contributed by atoms with E-state index in [0.29, 0.717) is 11.1 Å². The van der Waals surface area contributed by atoms with Crippen LogP contribution in [0.5, 0.6) is 0 Å². The Bertz CT molecular complexity index is 907. The van der Waals surface area contributed by atoms with E-state index in [0.717, 1.165) is 11.4 Å². The van der Waals surface area contributed by atoms with E-state index in [4.69, 9.17) is 0 Å². The Morgan fingerprint density at radius 2 is 1.57 bits per heavy atom. The first-order valence-corrected chi connectivity index (χ1v) is 7.27. The zero-order valence-electron chi connectivity index (χ0n) is 13.0. The van der Waals surface area contributed by atoms with Gasteiger partial charge in [0.1, 0.15) is 5.71 Å². The Balaban J connectivity index is 2.25. The lowest BCUT2D eigenvalue weighted by Gasteiger charge is -2.07. The van der Waals surface area contributed by atoms with Crippen molar-refractivity contribution in [1.82, 2.24) is 9.36 Å². The zero-order chi connectivity index (χ0) is 16.4. The van der Waals surface area contributed by atoms with Crippen molar-refractivity contribution in [2.24, 2.45) is 12.2 Å². The minimum Gasteiger partial charge on any atom is -0.410 e. The van der Waals surface area contributed by atoms with E-state index in [9.17, 15) is 10.0 Å². The van der Waals surface area contributed by atoms with Crippen molar-refractivity contribution in [3.63, 3.8) is 0 Å². The molecule has 0 saturated carbocycles. The molecule has 1 N–H and O–H groups in total. The number of nitrogens with zero attached hydrogens (tertiary/aromatic N) is 3. The quantitative estimate of drug-likeness (QED) is 0.459. The lowest BCUT2D eigenvalue weighted by atomic mass is 10.0. The monoisotopic (exact) mass is 307 g/mol. The highest BCUT2D eigenvalue weighted by Gasteiger charge is 2.22. The summed E-state index contributed by atoms with van der Waals surface area (Å²) in [5.41, 5.74) is 2.65. The van der Waals surface area contributed by atoms with Gasteiger partial charge in [0.05, 0.1) is 11.3 Å². The molecule has 23 heavy (non-hydrogen) atoms. The molecular formula is C18H17N3O2. The molecule has 0 bridgehead atoms. The third-order valence-corrected chi connectivity index (χ3v) is 3.94. The maximum Gasteiger partial charge on any atom is 0.281 e. The smallest absolute Gasteiger partial charge is 0.281 e. The zero-order valence-corrected chi connectivity index (χ0v) is 13.0. The molecule has 0 amide bonds. The van der Waals surface area contributed by atoms with Crippen molar-refractivity contribution in [1.29, 1.82) is 0 Å². The summed E-state index contributed by atoms with van der Waals surface area (Å²) in [7, 11) is 1.81. The van der Waals surface area contributed by atoms with Crippen LogP contribution in [0.3, 0.4) is 0 Å². The van der Waals surface area contributed by atoms with Gasteiger partial charge in [-0.15, -0.1) is 0 Å². The first kappa shape index (κ1) is 14.8. The van der Waals surface area contributed by atoms with Crippen LogP contribution in [0.25, 0.3) is 5.69 Å². The molecule has 0 spiro atoms. The van der Waals surface area contributed by atoms with Gasteiger partial charge in [0.2, 0.25) is 0 Å². The first-order chi connectivity index (χ1) is 11.1. The van der Waals surface area contributed by atoms with Crippen molar-refractivity contribution < 1.29 is 5.21 Å². The molecule has 0 unspecified atom stereocenters. The predicted molar refractivity (Wildman–Crippen MR) is 89.6 cm³/mol. The molecule has 0 atom stereocenters. The average molecular weight is 307 g/mol. The maximum atomic E-state index is 12.9. The highest BCUT2D eigenvalue weighted by atomic mass is 16.4. The topological polar surface area (TPSA) is 59.5 Å². The summed E-state index contributed by atoms with van der Waals surface area (Å²) in [4.78, 5) is 12.9. The van der Waals surface area contributed by atoms with Crippen molar-refractivity contribution >= 4 is 5.71 Å². The van der Waals surface area contributed by atoms with Crippen molar-refractivity contribution in [2.75, 3.05) is 0 Å². The second-order valence-corrected chi connectivity index (χ2v) is 5.25. The first-order valence-electron chi connectivity index (χ1n) is 7.27. The second kappa shape index (κ2) is 5.96. The molecule has 0 radical (unpaired) electrons. The lowest BCUT2D eigenvalue weighted by Crippen LogP contribution is -2.23. The summed E-state index contributed by atoms with van der Waals surface area (Å²) in [6.07, 6.45) is 0. The van der Waals surface area contributed by atoms with E-state index in [1.165, 1.54) is 0 Å². The summed E-state index contributed by atoms with van der Waals surface area (Å²) in [6.45, 7) is 1.84. The van der Waals surface area contributed by atoms with Crippen LogP contribution in [0, 0.1) is 6.92 Å². The Morgan fingerprint density at radius 1 is 1.00 bits per heavy atom. The van der Waals surface area contributed by atoms with Crippen molar-refractivity contribution in [3.8, 4) is 5.69 Å². The SMILES string of the molecule is Cc1c(/C(=N/O)c2ccccc2)c(=O)n(-c2ccccc2)n1C. The third-order valence-electron chi connectivity index (χ3n) is 3.94. The second-order valence-electron chi connectivity index (χ2n) is 5.25. The summed E-state index contributed by atoms with van der Waals surface area (Å²) in [6, 6.07) is 18.6. The minimum atomic E-state index is -0.215. The van der Waals surface area contributed by atoms with Crippen LogP contribution >= 0.6 is 0 Å². The fourth-order valence-electron chi connectivity index (χ4n) is 2.69. The molecule has 3 aromatic rings. The van der Waals surface area contributed by atoms with Crippen molar-refractivity contribution in [3.05, 3.63) is 87.8 Å². The molecule has 0 fully saturated rings. The number of oxime groups is 1. The number of hydrogen-bond acceptors (Lipinski definition) is 3. The fourth-order valence-corrected chi connectivity index (χ4v) is 2.69. The molecule has 0 aliphatic rings. The molecule has 116 valence electrons. The average Bonchev–Trinajstić information content (AvgIpc) is 2.81. The van der Waals surface area contributed by atoms with Gasteiger partial charge in [0, 0.05) is 18.3 Å².